The molecule has 1 aliphatic heterocycles. The minimum absolute atomic E-state index is 0.0500. The topological polar surface area (TPSA) is 123 Å². The summed E-state index contributed by atoms with van der Waals surface area (Å²) in [7, 11) is 1.93. The maximum atomic E-state index is 11.0. The van der Waals surface area contributed by atoms with Crippen LogP contribution in [0.15, 0.2) is 49.6 Å². The van der Waals surface area contributed by atoms with Crippen molar-refractivity contribution >= 4 is 49.9 Å². The third-order valence-corrected chi connectivity index (χ3v) is 4.44. The Morgan fingerprint density at radius 1 is 1.29 bits per heavy atom. The number of benzene rings is 1. The smallest absolute Gasteiger partial charge is 0.358 e. The van der Waals surface area contributed by atoms with Crippen LogP contribution in [0.5, 0.6) is 0 Å². The Hall–Kier alpha value is -1.98. The van der Waals surface area contributed by atoms with E-state index in [-0.39, 0.29) is 21.5 Å². The lowest BCUT2D eigenvalue weighted by atomic mass is 10.3. The van der Waals surface area contributed by atoms with Gasteiger partial charge >= 0.3 is 5.82 Å². The van der Waals surface area contributed by atoms with Crippen molar-refractivity contribution in [2.24, 2.45) is 14.6 Å². The van der Waals surface area contributed by atoms with Gasteiger partial charge in [0.15, 0.2) is 15.8 Å². The lowest BCUT2D eigenvalue weighted by molar-refractivity contribution is -0.426. The van der Waals surface area contributed by atoms with Crippen molar-refractivity contribution in [1.29, 1.82) is 0 Å². The summed E-state index contributed by atoms with van der Waals surface area (Å²) in [6.45, 7) is 0. The second-order valence-electron chi connectivity index (χ2n) is 3.40. The molecule has 2 rings (SSSR count). The first kappa shape index (κ1) is 15.4. The molecule has 0 amide bonds. The molecule has 108 valence electrons. The van der Waals surface area contributed by atoms with Crippen LogP contribution < -0.4 is 0 Å². The van der Waals surface area contributed by atoms with Crippen LogP contribution in [0.4, 0.5) is 11.4 Å². The molecule has 0 saturated carbocycles. The Morgan fingerprint density at radius 3 is 2.57 bits per heavy atom. The SMILES string of the molecule is O=[N+]([O-])/C(N=Nc1ccccc1[N+](=O)[O-])=C1\SSN=C1Cl. The number of azo groups is 1. The Balaban J connectivity index is 2.42. The molecule has 1 aromatic carbocycles. The van der Waals surface area contributed by atoms with Crippen LogP contribution in [0.25, 0.3) is 0 Å². The Bertz CT molecular complexity index is 705. The lowest BCUT2D eigenvalue weighted by Gasteiger charge is -1.95. The van der Waals surface area contributed by atoms with Crippen LogP contribution in [-0.2, 0) is 0 Å². The molecular formula is C9H4ClN5O4S2. The fraction of sp³-hybridized carbons (Fsp3) is 0. The van der Waals surface area contributed by atoms with E-state index >= 15 is 0 Å². The van der Waals surface area contributed by atoms with Gasteiger partial charge in [0.1, 0.15) is 0 Å². The first-order valence-corrected chi connectivity index (χ1v) is 7.60. The summed E-state index contributed by atoms with van der Waals surface area (Å²) in [5.74, 6) is -0.614. The molecule has 0 unspecified atom stereocenters. The maximum absolute atomic E-state index is 11.0. The molecule has 0 spiro atoms. The van der Waals surface area contributed by atoms with Crippen LogP contribution >= 0.6 is 33.4 Å². The Labute approximate surface area is 130 Å². The highest BCUT2D eigenvalue weighted by atomic mass is 35.5. The zero-order valence-corrected chi connectivity index (χ0v) is 12.3. The van der Waals surface area contributed by atoms with Gasteiger partial charge in [0.2, 0.25) is 0 Å². The highest BCUT2D eigenvalue weighted by molar-refractivity contribution is 8.78. The molecule has 0 N–H and O–H groups in total. The van der Waals surface area contributed by atoms with E-state index in [9.17, 15) is 20.2 Å². The molecule has 1 aromatic rings. The summed E-state index contributed by atoms with van der Waals surface area (Å²) in [5, 5.41) is 28.8. The summed E-state index contributed by atoms with van der Waals surface area (Å²) in [6, 6.07) is 5.52. The number of nitrogens with zero attached hydrogens (tertiary/aromatic N) is 5. The van der Waals surface area contributed by atoms with Crippen molar-refractivity contribution in [3.63, 3.8) is 0 Å². The van der Waals surface area contributed by atoms with E-state index in [0.29, 0.717) is 0 Å². The van der Waals surface area contributed by atoms with E-state index in [2.05, 4.69) is 14.6 Å². The molecule has 0 aromatic heterocycles. The summed E-state index contributed by atoms with van der Waals surface area (Å²) in [4.78, 5) is 20.4. The number of hydrogen-bond acceptors (Lipinski definition) is 9. The highest BCUT2D eigenvalue weighted by Gasteiger charge is 2.28. The molecule has 0 atom stereocenters. The average Bonchev–Trinajstić information content (AvgIpc) is 2.85. The van der Waals surface area contributed by atoms with Crippen molar-refractivity contribution in [3.8, 4) is 0 Å². The predicted molar refractivity (Wildman–Crippen MR) is 80.1 cm³/mol. The number of nitro groups is 2. The first-order chi connectivity index (χ1) is 10.0. The zero-order valence-electron chi connectivity index (χ0n) is 9.87. The van der Waals surface area contributed by atoms with E-state index in [1.54, 1.807) is 0 Å². The molecule has 1 aliphatic rings. The van der Waals surface area contributed by atoms with Gasteiger partial charge in [0, 0.05) is 6.07 Å². The second-order valence-corrected chi connectivity index (χ2v) is 5.61. The largest absolute Gasteiger partial charge is 0.408 e. The number of hydrogen-bond donors (Lipinski definition) is 0. The van der Waals surface area contributed by atoms with Gasteiger partial charge in [-0.15, -0.1) is 0 Å². The third kappa shape index (κ3) is 3.56. The molecule has 9 nitrogen and oxygen atoms in total. The van der Waals surface area contributed by atoms with Crippen LogP contribution in [0, 0.1) is 20.2 Å². The van der Waals surface area contributed by atoms with Gasteiger partial charge in [-0.05, 0) is 26.9 Å². The van der Waals surface area contributed by atoms with Crippen LogP contribution in [0.2, 0.25) is 0 Å². The molecule has 0 radical (unpaired) electrons. The Morgan fingerprint density at radius 2 is 2.00 bits per heavy atom. The van der Waals surface area contributed by atoms with Crippen molar-refractivity contribution in [1.82, 2.24) is 0 Å². The number of rotatable bonds is 4. The maximum Gasteiger partial charge on any atom is 0.408 e. The molecule has 0 saturated heterocycles. The molecule has 0 aliphatic carbocycles. The number of para-hydroxylation sites is 1. The number of nitro benzene ring substituents is 1. The quantitative estimate of drug-likeness (QED) is 0.266. The molecule has 21 heavy (non-hydrogen) atoms. The summed E-state index contributed by atoms with van der Waals surface area (Å²) in [5.41, 5.74) is -0.395. The van der Waals surface area contributed by atoms with Crippen molar-refractivity contribution in [2.45, 2.75) is 0 Å². The van der Waals surface area contributed by atoms with E-state index in [1.807, 2.05) is 0 Å². The van der Waals surface area contributed by atoms with Gasteiger partial charge < -0.3 is 10.1 Å². The van der Waals surface area contributed by atoms with E-state index in [1.165, 1.54) is 24.3 Å². The predicted octanol–water partition coefficient (Wildman–Crippen LogP) is 4.07. The molecule has 1 heterocycles. The van der Waals surface area contributed by atoms with Gasteiger partial charge in [-0.25, -0.2) is 0 Å². The van der Waals surface area contributed by atoms with Gasteiger partial charge in [-0.3, -0.25) is 10.1 Å². The molecule has 12 heteroatoms. The van der Waals surface area contributed by atoms with Crippen molar-refractivity contribution in [3.05, 3.63) is 55.2 Å². The van der Waals surface area contributed by atoms with Gasteiger partial charge in [-0.1, -0.05) is 23.7 Å². The minimum Gasteiger partial charge on any atom is -0.358 e. The van der Waals surface area contributed by atoms with E-state index < -0.39 is 15.7 Å². The molecular weight excluding hydrogens is 342 g/mol. The van der Waals surface area contributed by atoms with Gasteiger partial charge in [0.05, 0.1) is 21.0 Å². The number of halogens is 1. The monoisotopic (exact) mass is 345 g/mol. The standard InChI is InChI=1S/C9H4ClN5O4S2/c10-8-7(20-21-13-8)9(15(18)19)12-11-5-3-1-2-4-6(5)14(16)17/h1-4H/b9-7-,12-11?. The lowest BCUT2D eigenvalue weighted by Crippen LogP contribution is -2.01. The normalized spacial score (nSPS) is 16.9. The summed E-state index contributed by atoms with van der Waals surface area (Å²) in [6.07, 6.45) is 0. The van der Waals surface area contributed by atoms with Gasteiger partial charge in [-0.2, -0.15) is 4.40 Å². The number of allylic oxidation sites excluding steroid dienone is 1. The van der Waals surface area contributed by atoms with E-state index in [0.717, 1.165) is 21.8 Å². The van der Waals surface area contributed by atoms with Gasteiger partial charge in [0.25, 0.3) is 5.69 Å². The van der Waals surface area contributed by atoms with Crippen LogP contribution in [0.1, 0.15) is 0 Å². The van der Waals surface area contributed by atoms with Crippen LogP contribution in [-0.4, -0.2) is 15.0 Å². The minimum atomic E-state index is -0.773. The summed E-state index contributed by atoms with van der Waals surface area (Å²) < 4.78 is 3.71. The second kappa shape index (κ2) is 6.65. The highest BCUT2D eigenvalue weighted by Crippen LogP contribution is 2.42. The first-order valence-electron chi connectivity index (χ1n) is 5.12. The zero-order chi connectivity index (χ0) is 15.4. The third-order valence-electron chi connectivity index (χ3n) is 2.13. The van der Waals surface area contributed by atoms with Crippen molar-refractivity contribution in [2.75, 3.05) is 0 Å². The summed E-state index contributed by atoms with van der Waals surface area (Å²) >= 11 is 5.72. The van der Waals surface area contributed by atoms with E-state index in [4.69, 9.17) is 11.6 Å². The average molecular weight is 346 g/mol. The molecule has 0 fully saturated rings. The Kier molecular flexibility index (Phi) is 4.88. The molecule has 0 bridgehead atoms. The fourth-order valence-corrected chi connectivity index (χ4v) is 3.48. The fourth-order valence-electron chi connectivity index (χ4n) is 1.26. The van der Waals surface area contributed by atoms with Crippen molar-refractivity contribution < 1.29 is 9.85 Å². The van der Waals surface area contributed by atoms with Crippen LogP contribution in [0.3, 0.4) is 0 Å².